The highest BCUT2D eigenvalue weighted by atomic mass is 79.9. The second-order valence-corrected chi connectivity index (χ2v) is 8.50. The second kappa shape index (κ2) is 5.87. The van der Waals surface area contributed by atoms with E-state index in [0.29, 0.717) is 34.2 Å². The third-order valence-electron chi connectivity index (χ3n) is 4.34. The van der Waals surface area contributed by atoms with Crippen LogP contribution in [0.5, 0.6) is 0 Å². The number of nitrogen functional groups attached to an aromatic ring is 1. The van der Waals surface area contributed by atoms with Gasteiger partial charge in [0.2, 0.25) is 10.0 Å². The topological polar surface area (TPSA) is 66.6 Å². The van der Waals surface area contributed by atoms with Crippen molar-refractivity contribution in [2.24, 2.45) is 0 Å². The molecule has 0 aromatic heterocycles. The van der Waals surface area contributed by atoms with Crippen LogP contribution >= 0.6 is 15.9 Å². The average molecular weight is 374 g/mol. The summed E-state index contributed by atoms with van der Waals surface area (Å²) in [6.45, 7) is 3.29. The fraction of sp³-hybridized carbons (Fsp3) is 0.571. The van der Waals surface area contributed by atoms with E-state index in [0.717, 1.165) is 25.9 Å². The first-order valence-corrected chi connectivity index (χ1v) is 9.51. The maximum absolute atomic E-state index is 12.9. The second-order valence-electron chi connectivity index (χ2n) is 5.74. The van der Waals surface area contributed by atoms with E-state index in [1.165, 1.54) is 6.42 Å². The van der Waals surface area contributed by atoms with Crippen molar-refractivity contribution in [1.29, 1.82) is 0 Å². The van der Waals surface area contributed by atoms with Gasteiger partial charge in [0.1, 0.15) is 0 Å². The van der Waals surface area contributed by atoms with E-state index < -0.39 is 10.0 Å². The molecule has 2 fully saturated rings. The predicted molar refractivity (Wildman–Crippen MR) is 86.5 cm³/mol. The normalized spacial score (nSPS) is 24.7. The van der Waals surface area contributed by atoms with Gasteiger partial charge in [-0.3, -0.25) is 4.90 Å². The van der Waals surface area contributed by atoms with Gasteiger partial charge in [-0.05, 0) is 66.5 Å². The maximum atomic E-state index is 12.9. The maximum Gasteiger partial charge on any atom is 0.244 e. The van der Waals surface area contributed by atoms with Crippen molar-refractivity contribution in [2.75, 3.05) is 31.9 Å². The number of fused-ring (bicyclic) bond motifs is 1. The molecule has 1 aromatic carbocycles. The zero-order valence-corrected chi connectivity index (χ0v) is 14.2. The molecule has 2 aliphatic rings. The largest absolute Gasteiger partial charge is 0.399 e. The zero-order valence-electron chi connectivity index (χ0n) is 11.8. The molecule has 2 N–H and O–H groups in total. The molecule has 1 atom stereocenters. The Hall–Kier alpha value is -0.630. The number of halogens is 1. The number of anilines is 1. The predicted octanol–water partition coefficient (Wildman–Crippen LogP) is 1.89. The van der Waals surface area contributed by atoms with Gasteiger partial charge >= 0.3 is 0 Å². The van der Waals surface area contributed by atoms with Crippen LogP contribution < -0.4 is 5.73 Å². The molecule has 7 heteroatoms. The van der Waals surface area contributed by atoms with Crippen LogP contribution in [0.3, 0.4) is 0 Å². The fourth-order valence-electron chi connectivity index (χ4n) is 3.26. The number of hydrogen-bond acceptors (Lipinski definition) is 4. The number of nitrogens with two attached hydrogens (primary N) is 1. The minimum Gasteiger partial charge on any atom is -0.399 e. The van der Waals surface area contributed by atoms with Crippen molar-refractivity contribution in [2.45, 2.75) is 30.2 Å². The van der Waals surface area contributed by atoms with Gasteiger partial charge in [0.05, 0.1) is 4.90 Å². The molecule has 0 amide bonds. The Bertz CT molecular complexity index is 635. The molecular weight excluding hydrogens is 354 g/mol. The summed E-state index contributed by atoms with van der Waals surface area (Å²) in [6, 6.07) is 5.24. The van der Waals surface area contributed by atoms with E-state index in [-0.39, 0.29) is 0 Å². The smallest absolute Gasteiger partial charge is 0.244 e. The van der Waals surface area contributed by atoms with E-state index in [2.05, 4.69) is 20.8 Å². The lowest BCUT2D eigenvalue weighted by molar-refractivity contribution is 0.257. The van der Waals surface area contributed by atoms with Crippen LogP contribution in [0.25, 0.3) is 0 Å². The lowest BCUT2D eigenvalue weighted by Gasteiger charge is -2.25. The first-order chi connectivity index (χ1) is 9.98. The molecule has 0 aliphatic carbocycles. The van der Waals surface area contributed by atoms with Crippen molar-refractivity contribution in [1.82, 2.24) is 9.21 Å². The lowest BCUT2D eigenvalue weighted by atomic mass is 10.2. The summed E-state index contributed by atoms with van der Waals surface area (Å²) in [5.74, 6) is 0. The quantitative estimate of drug-likeness (QED) is 0.803. The summed E-state index contributed by atoms with van der Waals surface area (Å²) in [7, 11) is -3.47. The summed E-state index contributed by atoms with van der Waals surface area (Å²) in [4.78, 5) is 2.73. The molecule has 1 aromatic rings. The number of benzene rings is 1. The SMILES string of the molecule is Nc1ccc(S(=O)(=O)N2CCCN3CCCC3C2)c(Br)c1. The van der Waals surface area contributed by atoms with Crippen molar-refractivity contribution in [3.05, 3.63) is 22.7 Å². The molecule has 2 aliphatic heterocycles. The van der Waals surface area contributed by atoms with Crippen molar-refractivity contribution < 1.29 is 8.42 Å². The Morgan fingerprint density at radius 1 is 1.19 bits per heavy atom. The van der Waals surface area contributed by atoms with Crippen LogP contribution in [0.1, 0.15) is 19.3 Å². The summed E-state index contributed by atoms with van der Waals surface area (Å²) < 4.78 is 28.0. The Kier molecular flexibility index (Phi) is 4.27. The molecule has 21 heavy (non-hydrogen) atoms. The van der Waals surface area contributed by atoms with Gasteiger partial charge in [-0.1, -0.05) is 0 Å². The van der Waals surface area contributed by atoms with E-state index in [1.807, 2.05) is 0 Å². The average Bonchev–Trinajstić information content (AvgIpc) is 2.75. The van der Waals surface area contributed by atoms with Gasteiger partial charge in [0, 0.05) is 29.3 Å². The Labute approximate surface area is 134 Å². The first-order valence-electron chi connectivity index (χ1n) is 7.28. The molecule has 0 radical (unpaired) electrons. The summed E-state index contributed by atoms with van der Waals surface area (Å²) in [5, 5.41) is 0. The van der Waals surface area contributed by atoms with Gasteiger partial charge in [-0.25, -0.2) is 8.42 Å². The minimum absolute atomic E-state index is 0.308. The number of rotatable bonds is 2. The molecular formula is C14H20BrN3O2S. The van der Waals surface area contributed by atoms with Gasteiger partial charge in [0.15, 0.2) is 0 Å². The molecule has 116 valence electrons. The molecule has 5 nitrogen and oxygen atoms in total. The molecule has 0 bridgehead atoms. The molecule has 3 rings (SSSR count). The van der Waals surface area contributed by atoms with Crippen molar-refractivity contribution in [3.63, 3.8) is 0 Å². The van der Waals surface area contributed by atoms with Gasteiger partial charge in [-0.15, -0.1) is 0 Å². The summed E-state index contributed by atoms with van der Waals surface area (Å²) in [6.07, 6.45) is 3.15. The van der Waals surface area contributed by atoms with Crippen molar-refractivity contribution >= 4 is 31.6 Å². The van der Waals surface area contributed by atoms with Gasteiger partial charge < -0.3 is 5.73 Å². The van der Waals surface area contributed by atoms with Crippen LogP contribution in [0.15, 0.2) is 27.6 Å². The zero-order chi connectivity index (χ0) is 15.0. The monoisotopic (exact) mass is 373 g/mol. The van der Waals surface area contributed by atoms with Crippen LogP contribution in [-0.2, 0) is 10.0 Å². The Morgan fingerprint density at radius 2 is 1.95 bits per heavy atom. The molecule has 2 saturated heterocycles. The van der Waals surface area contributed by atoms with Crippen LogP contribution in [0, 0.1) is 0 Å². The third kappa shape index (κ3) is 2.97. The molecule has 0 saturated carbocycles. The summed E-state index contributed by atoms with van der Waals surface area (Å²) in [5.41, 5.74) is 6.25. The highest BCUT2D eigenvalue weighted by Gasteiger charge is 2.34. The van der Waals surface area contributed by atoms with E-state index in [4.69, 9.17) is 5.73 Å². The molecule has 2 heterocycles. The van der Waals surface area contributed by atoms with Crippen LogP contribution in [-0.4, -0.2) is 49.8 Å². The highest BCUT2D eigenvalue weighted by molar-refractivity contribution is 9.10. The lowest BCUT2D eigenvalue weighted by Crippen LogP contribution is -2.39. The van der Waals surface area contributed by atoms with Gasteiger partial charge in [0.25, 0.3) is 0 Å². The van der Waals surface area contributed by atoms with Crippen LogP contribution in [0.4, 0.5) is 5.69 Å². The molecule has 1 unspecified atom stereocenters. The van der Waals surface area contributed by atoms with E-state index in [9.17, 15) is 8.42 Å². The summed E-state index contributed by atoms with van der Waals surface area (Å²) >= 11 is 3.33. The number of hydrogen-bond donors (Lipinski definition) is 1. The number of sulfonamides is 1. The van der Waals surface area contributed by atoms with Crippen LogP contribution in [0.2, 0.25) is 0 Å². The fourth-order valence-corrected chi connectivity index (χ4v) is 5.83. The standard InChI is InChI=1S/C14H20BrN3O2S/c15-13-9-11(16)4-5-14(13)21(19,20)18-8-2-7-17-6-1-3-12(17)10-18/h4-5,9,12H,1-3,6-8,10,16H2. The minimum atomic E-state index is -3.47. The third-order valence-corrected chi connectivity index (χ3v) is 7.18. The first kappa shape index (κ1) is 15.3. The Morgan fingerprint density at radius 3 is 2.71 bits per heavy atom. The van der Waals surface area contributed by atoms with E-state index in [1.54, 1.807) is 22.5 Å². The van der Waals surface area contributed by atoms with Gasteiger partial charge in [-0.2, -0.15) is 4.31 Å². The Balaban J connectivity index is 1.90. The van der Waals surface area contributed by atoms with E-state index >= 15 is 0 Å². The van der Waals surface area contributed by atoms with Crippen molar-refractivity contribution in [3.8, 4) is 0 Å². The highest BCUT2D eigenvalue weighted by Crippen LogP contribution is 2.30. The molecule has 0 spiro atoms. The number of nitrogens with zero attached hydrogens (tertiary/aromatic N) is 2.